The second kappa shape index (κ2) is 5.79. The summed E-state index contributed by atoms with van der Waals surface area (Å²) in [6.45, 7) is 12.0. The molecule has 0 radical (unpaired) electrons. The maximum absolute atomic E-state index is 11.9. The van der Waals surface area contributed by atoms with Gasteiger partial charge in [0.1, 0.15) is 0 Å². The van der Waals surface area contributed by atoms with Crippen LogP contribution in [0.2, 0.25) is 19.6 Å². The van der Waals surface area contributed by atoms with E-state index in [0.717, 1.165) is 37.0 Å². The lowest BCUT2D eigenvalue weighted by molar-refractivity contribution is -0.117. The smallest absolute Gasteiger partial charge is 0.184 e. The molecule has 3 saturated carbocycles. The average molecular weight is 361 g/mol. The van der Waals surface area contributed by atoms with Crippen LogP contribution in [0.1, 0.15) is 65.2 Å². The molecule has 1 unspecified atom stereocenters. The van der Waals surface area contributed by atoms with E-state index in [-0.39, 0.29) is 0 Å². The van der Waals surface area contributed by atoms with E-state index in [0.29, 0.717) is 22.7 Å². The first-order valence-electron chi connectivity index (χ1n) is 10.6. The molecule has 0 amide bonds. The lowest BCUT2D eigenvalue weighted by atomic mass is 9.47. The second-order valence-electron chi connectivity index (χ2n) is 10.8. The van der Waals surface area contributed by atoms with E-state index >= 15 is 0 Å². The van der Waals surface area contributed by atoms with Gasteiger partial charge >= 0.3 is 0 Å². The van der Waals surface area contributed by atoms with Gasteiger partial charge in [-0.25, -0.2) is 0 Å². The predicted molar refractivity (Wildman–Crippen MR) is 105 cm³/mol. The summed E-state index contributed by atoms with van der Waals surface area (Å²) < 4.78 is 6.68. The summed E-state index contributed by atoms with van der Waals surface area (Å²) in [5.74, 6) is 2.85. The largest absolute Gasteiger partial charge is 0.414 e. The average Bonchev–Trinajstić information content (AvgIpc) is 2.83. The first-order valence-corrected chi connectivity index (χ1v) is 14.0. The van der Waals surface area contributed by atoms with Crippen molar-refractivity contribution in [1.82, 2.24) is 0 Å². The number of carbonyl (C=O) groups is 1. The van der Waals surface area contributed by atoms with Crippen LogP contribution in [-0.4, -0.2) is 20.2 Å². The number of hydrogen-bond donors (Lipinski definition) is 0. The Kier molecular flexibility index (Phi) is 4.16. The fourth-order valence-corrected chi connectivity index (χ4v) is 8.37. The zero-order valence-electron chi connectivity index (χ0n) is 16.9. The third-order valence-electron chi connectivity index (χ3n) is 8.37. The lowest BCUT2D eigenvalue weighted by Crippen LogP contribution is -2.52. The number of hydrogen-bond acceptors (Lipinski definition) is 2. The van der Waals surface area contributed by atoms with Crippen molar-refractivity contribution in [3.05, 3.63) is 11.6 Å². The van der Waals surface area contributed by atoms with E-state index in [1.54, 1.807) is 0 Å². The highest BCUT2D eigenvalue weighted by atomic mass is 28.4. The van der Waals surface area contributed by atoms with Crippen molar-refractivity contribution in [3.63, 3.8) is 0 Å². The minimum absolute atomic E-state index is 0.301. The molecular formula is C22H36O2Si. The number of allylic oxidation sites excluding steroid dienone is 1. The quantitative estimate of drug-likeness (QED) is 0.587. The zero-order valence-corrected chi connectivity index (χ0v) is 17.9. The van der Waals surface area contributed by atoms with Crippen molar-refractivity contribution >= 4 is 14.1 Å². The molecule has 2 nitrogen and oxygen atoms in total. The molecule has 3 fully saturated rings. The molecule has 6 atom stereocenters. The predicted octanol–water partition coefficient (Wildman–Crippen LogP) is 5.74. The summed E-state index contributed by atoms with van der Waals surface area (Å²) in [5, 5.41) is 0. The van der Waals surface area contributed by atoms with Crippen LogP contribution >= 0.6 is 0 Å². The van der Waals surface area contributed by atoms with Gasteiger partial charge in [-0.15, -0.1) is 0 Å². The number of fused-ring (bicyclic) bond motifs is 5. The van der Waals surface area contributed by atoms with Gasteiger partial charge in [-0.05, 0) is 99.2 Å². The maximum atomic E-state index is 11.9. The molecule has 140 valence electrons. The molecule has 0 aliphatic heterocycles. The first-order chi connectivity index (χ1) is 11.6. The van der Waals surface area contributed by atoms with Crippen molar-refractivity contribution in [1.29, 1.82) is 0 Å². The molecule has 0 heterocycles. The lowest BCUT2D eigenvalue weighted by Gasteiger charge is -2.58. The summed E-state index contributed by atoms with van der Waals surface area (Å²) in [6, 6.07) is 0. The molecule has 0 N–H and O–H groups in total. The summed E-state index contributed by atoms with van der Waals surface area (Å²) in [5.41, 5.74) is 2.18. The van der Waals surface area contributed by atoms with Crippen molar-refractivity contribution in [2.24, 2.45) is 28.6 Å². The fraction of sp³-hybridized carbons (Fsp3) is 0.864. The standard InChI is InChI=1S/C22H36O2Si/c1-21-12-10-16(23)14-15(21)6-7-17-18-8-9-20(24-25(3,4)5)22(18,2)13-11-19(17)21/h14,17-20H,6-13H2,1-5H3/t17-,18-,19+,20?,21-,22-/m0/s1. The van der Waals surface area contributed by atoms with Crippen LogP contribution < -0.4 is 0 Å². The molecule has 4 aliphatic carbocycles. The van der Waals surface area contributed by atoms with Gasteiger partial charge in [0.05, 0.1) is 6.10 Å². The maximum Gasteiger partial charge on any atom is 0.184 e. The van der Waals surface area contributed by atoms with Gasteiger partial charge < -0.3 is 4.43 Å². The summed E-state index contributed by atoms with van der Waals surface area (Å²) >= 11 is 0. The second-order valence-corrected chi connectivity index (χ2v) is 15.3. The van der Waals surface area contributed by atoms with E-state index < -0.39 is 8.32 Å². The van der Waals surface area contributed by atoms with Crippen LogP contribution in [0.4, 0.5) is 0 Å². The van der Waals surface area contributed by atoms with E-state index in [1.807, 2.05) is 6.08 Å². The Morgan fingerprint density at radius 2 is 1.76 bits per heavy atom. The summed E-state index contributed by atoms with van der Waals surface area (Å²) in [7, 11) is -1.49. The van der Waals surface area contributed by atoms with Gasteiger partial charge in [0.25, 0.3) is 0 Å². The van der Waals surface area contributed by atoms with Crippen LogP contribution in [0, 0.1) is 28.6 Å². The van der Waals surface area contributed by atoms with E-state index in [1.165, 1.54) is 37.7 Å². The molecule has 3 heteroatoms. The molecule has 4 rings (SSSR count). The molecule has 0 aromatic carbocycles. The third kappa shape index (κ3) is 2.81. The number of carbonyl (C=O) groups excluding carboxylic acids is 1. The van der Waals surface area contributed by atoms with Crippen LogP contribution in [0.5, 0.6) is 0 Å². The van der Waals surface area contributed by atoms with Gasteiger partial charge in [-0.1, -0.05) is 19.4 Å². The Hall–Kier alpha value is -0.413. The molecule has 0 aromatic heterocycles. The van der Waals surface area contributed by atoms with Crippen molar-refractivity contribution in [2.45, 2.75) is 91.0 Å². The molecule has 0 bridgehead atoms. The SMILES string of the molecule is C[C@]12CCC(=O)C=C1CC[C@@H]1[C@H]2CC[C@]2(C)C(O[Si](C)(C)C)CC[C@@H]12. The van der Waals surface area contributed by atoms with Crippen molar-refractivity contribution < 1.29 is 9.22 Å². The van der Waals surface area contributed by atoms with E-state index in [9.17, 15) is 4.79 Å². The van der Waals surface area contributed by atoms with Crippen molar-refractivity contribution in [2.75, 3.05) is 0 Å². The first kappa shape index (κ1) is 18.0. The molecule has 0 saturated heterocycles. The molecule has 0 spiro atoms. The van der Waals surface area contributed by atoms with Crippen LogP contribution in [0.15, 0.2) is 11.6 Å². The minimum Gasteiger partial charge on any atom is -0.414 e. The van der Waals surface area contributed by atoms with Crippen LogP contribution in [0.3, 0.4) is 0 Å². The van der Waals surface area contributed by atoms with Gasteiger partial charge in [-0.2, -0.15) is 0 Å². The van der Waals surface area contributed by atoms with Gasteiger partial charge in [-0.3, -0.25) is 4.79 Å². The molecule has 0 aromatic rings. The highest BCUT2D eigenvalue weighted by molar-refractivity contribution is 6.69. The van der Waals surface area contributed by atoms with Crippen molar-refractivity contribution in [3.8, 4) is 0 Å². The molecule has 4 aliphatic rings. The van der Waals surface area contributed by atoms with Crippen LogP contribution in [0.25, 0.3) is 0 Å². The van der Waals surface area contributed by atoms with Gasteiger partial charge in [0, 0.05) is 6.42 Å². The topological polar surface area (TPSA) is 26.3 Å². The number of rotatable bonds is 2. The Bertz CT molecular complexity index is 604. The van der Waals surface area contributed by atoms with Gasteiger partial charge in [0.2, 0.25) is 0 Å². The Balaban J connectivity index is 1.60. The summed E-state index contributed by atoms with van der Waals surface area (Å²) in [4.78, 5) is 11.9. The summed E-state index contributed by atoms with van der Waals surface area (Å²) in [6.07, 6.45) is 12.1. The van der Waals surface area contributed by atoms with Crippen LogP contribution in [-0.2, 0) is 9.22 Å². The Morgan fingerprint density at radius 1 is 1.00 bits per heavy atom. The zero-order chi connectivity index (χ0) is 18.0. The highest BCUT2D eigenvalue weighted by Crippen LogP contribution is 2.65. The third-order valence-corrected chi connectivity index (χ3v) is 9.36. The molecule has 25 heavy (non-hydrogen) atoms. The Morgan fingerprint density at radius 3 is 2.48 bits per heavy atom. The molecular weight excluding hydrogens is 324 g/mol. The number of ketones is 1. The normalized spacial score (nSPS) is 46.9. The highest BCUT2D eigenvalue weighted by Gasteiger charge is 2.59. The van der Waals surface area contributed by atoms with Gasteiger partial charge in [0.15, 0.2) is 14.1 Å². The monoisotopic (exact) mass is 360 g/mol. The van der Waals surface area contributed by atoms with E-state index in [4.69, 9.17) is 4.43 Å². The fourth-order valence-electron chi connectivity index (χ4n) is 7.13. The van der Waals surface area contributed by atoms with E-state index in [2.05, 4.69) is 33.5 Å². The Labute approximate surface area is 154 Å². The minimum atomic E-state index is -1.49.